The number of aromatic nitrogens is 3. The topological polar surface area (TPSA) is 59.8 Å². The minimum absolute atomic E-state index is 0.0399. The van der Waals surface area contributed by atoms with E-state index in [1.165, 1.54) is 28.3 Å². The van der Waals surface area contributed by atoms with Crippen LogP contribution in [0.1, 0.15) is 24.3 Å². The molecule has 0 unspecified atom stereocenters. The highest BCUT2D eigenvalue weighted by atomic mass is 32.2. The number of hydrogen-bond donors (Lipinski definition) is 1. The summed E-state index contributed by atoms with van der Waals surface area (Å²) >= 11 is 2.91. The zero-order chi connectivity index (χ0) is 20.3. The fraction of sp³-hybridized carbons (Fsp3) is 0.316. The molecular weight excluding hydrogens is 402 g/mol. The Morgan fingerprint density at radius 1 is 1.29 bits per heavy atom. The van der Waals surface area contributed by atoms with Crippen LogP contribution in [0.5, 0.6) is 0 Å². The number of halogens is 2. The summed E-state index contributed by atoms with van der Waals surface area (Å²) < 4.78 is 28.6. The molecule has 3 rings (SSSR count). The van der Waals surface area contributed by atoms with Crippen LogP contribution in [-0.2, 0) is 17.8 Å². The van der Waals surface area contributed by atoms with Gasteiger partial charge in [-0.25, -0.2) is 8.78 Å². The molecule has 1 amide bonds. The Morgan fingerprint density at radius 3 is 2.75 bits per heavy atom. The maximum Gasteiger partial charge on any atom is 0.234 e. The number of thioether (sulfide) groups is 1. The maximum atomic E-state index is 13.7. The van der Waals surface area contributed by atoms with Gasteiger partial charge in [0.05, 0.1) is 11.4 Å². The molecule has 0 atom stereocenters. The zero-order valence-electron chi connectivity index (χ0n) is 15.8. The Morgan fingerprint density at radius 2 is 2.07 bits per heavy atom. The van der Waals surface area contributed by atoms with E-state index in [4.69, 9.17) is 0 Å². The minimum atomic E-state index is -0.808. The highest BCUT2D eigenvalue weighted by molar-refractivity contribution is 7.99. The van der Waals surface area contributed by atoms with Gasteiger partial charge >= 0.3 is 0 Å². The molecule has 0 saturated heterocycles. The number of aryl methyl sites for hydroxylation is 1. The van der Waals surface area contributed by atoms with E-state index in [0.29, 0.717) is 11.7 Å². The van der Waals surface area contributed by atoms with Gasteiger partial charge in [0.1, 0.15) is 11.6 Å². The van der Waals surface area contributed by atoms with Gasteiger partial charge in [0.2, 0.25) is 5.91 Å². The molecule has 0 aliphatic rings. The lowest BCUT2D eigenvalue weighted by molar-refractivity contribution is -0.113. The minimum Gasteiger partial charge on any atom is -0.323 e. The van der Waals surface area contributed by atoms with Crippen molar-refractivity contribution < 1.29 is 13.6 Å². The third-order valence-electron chi connectivity index (χ3n) is 4.27. The van der Waals surface area contributed by atoms with E-state index in [2.05, 4.69) is 34.7 Å². The molecule has 2 aromatic heterocycles. The van der Waals surface area contributed by atoms with Crippen molar-refractivity contribution in [3.05, 3.63) is 45.7 Å². The molecule has 0 saturated carbocycles. The molecule has 1 N–H and O–H groups in total. The Labute approximate surface area is 170 Å². The molecule has 0 bridgehead atoms. The number of nitrogens with one attached hydrogen (secondary N) is 1. The van der Waals surface area contributed by atoms with Gasteiger partial charge in [0.15, 0.2) is 11.0 Å². The maximum absolute atomic E-state index is 13.7. The van der Waals surface area contributed by atoms with Crippen LogP contribution in [0.3, 0.4) is 0 Å². The molecule has 0 spiro atoms. The fourth-order valence-electron chi connectivity index (χ4n) is 2.89. The summed E-state index contributed by atoms with van der Waals surface area (Å²) in [5.41, 5.74) is 2.28. The summed E-state index contributed by atoms with van der Waals surface area (Å²) in [4.78, 5) is 13.4. The standard InChI is InChI=1S/C19H20F2N4OS2/c1-4-13-11(3)27-9-14(13)18-23-24-19(25(18)5-2)28-10-17(26)22-16-7-6-12(20)8-15(16)21/h6-9H,4-5,10H2,1-3H3,(H,22,26). The lowest BCUT2D eigenvalue weighted by Gasteiger charge is -2.09. The third-order valence-corrected chi connectivity index (χ3v) is 6.19. The molecule has 0 fully saturated rings. The molecule has 5 nitrogen and oxygen atoms in total. The van der Waals surface area contributed by atoms with Crippen molar-refractivity contribution in [2.75, 3.05) is 11.1 Å². The van der Waals surface area contributed by atoms with Crippen molar-refractivity contribution in [3.8, 4) is 11.4 Å². The predicted molar refractivity (Wildman–Crippen MR) is 109 cm³/mol. The van der Waals surface area contributed by atoms with E-state index in [0.717, 1.165) is 29.9 Å². The Balaban J connectivity index is 1.73. The highest BCUT2D eigenvalue weighted by Crippen LogP contribution is 2.32. The third kappa shape index (κ3) is 4.25. The van der Waals surface area contributed by atoms with Crippen LogP contribution in [0, 0.1) is 18.6 Å². The number of nitrogens with zero attached hydrogens (tertiary/aromatic N) is 3. The average Bonchev–Trinajstić information content (AvgIpc) is 3.24. The predicted octanol–water partition coefficient (Wildman–Crippen LogP) is 4.91. The molecule has 28 heavy (non-hydrogen) atoms. The van der Waals surface area contributed by atoms with Gasteiger partial charge in [-0.1, -0.05) is 18.7 Å². The first-order chi connectivity index (χ1) is 13.4. The van der Waals surface area contributed by atoms with E-state index < -0.39 is 17.5 Å². The van der Waals surface area contributed by atoms with Gasteiger partial charge in [0.25, 0.3) is 0 Å². The number of carbonyl (C=O) groups is 1. The van der Waals surface area contributed by atoms with Gasteiger partial charge in [-0.2, -0.15) is 0 Å². The molecule has 3 aromatic rings. The number of amides is 1. The molecule has 1 aromatic carbocycles. The van der Waals surface area contributed by atoms with Crippen LogP contribution in [-0.4, -0.2) is 26.4 Å². The lowest BCUT2D eigenvalue weighted by atomic mass is 10.1. The van der Waals surface area contributed by atoms with Crippen molar-refractivity contribution in [1.82, 2.24) is 14.8 Å². The summed E-state index contributed by atoms with van der Waals surface area (Å²) in [5.74, 6) is -1.07. The first-order valence-electron chi connectivity index (χ1n) is 8.82. The molecule has 148 valence electrons. The van der Waals surface area contributed by atoms with Gasteiger partial charge < -0.3 is 9.88 Å². The Bertz CT molecular complexity index is 1000. The molecule has 0 radical (unpaired) electrons. The van der Waals surface area contributed by atoms with Gasteiger partial charge in [-0.3, -0.25) is 4.79 Å². The Hall–Kier alpha value is -2.26. The number of anilines is 1. The quantitative estimate of drug-likeness (QED) is 0.550. The van der Waals surface area contributed by atoms with Crippen LogP contribution >= 0.6 is 23.1 Å². The molecular formula is C19H20F2N4OS2. The van der Waals surface area contributed by atoms with Crippen LogP contribution in [0.25, 0.3) is 11.4 Å². The van der Waals surface area contributed by atoms with Crippen LogP contribution in [0.2, 0.25) is 0 Å². The number of rotatable bonds is 7. The SMILES string of the molecule is CCc1c(-c2nnc(SCC(=O)Nc3ccc(F)cc3F)n2CC)csc1C. The van der Waals surface area contributed by atoms with E-state index in [-0.39, 0.29) is 11.4 Å². The average molecular weight is 423 g/mol. The molecule has 0 aliphatic heterocycles. The summed E-state index contributed by atoms with van der Waals surface area (Å²) in [6, 6.07) is 3.03. The molecule has 9 heteroatoms. The largest absolute Gasteiger partial charge is 0.323 e. The van der Waals surface area contributed by atoms with Crippen LogP contribution < -0.4 is 5.32 Å². The van der Waals surface area contributed by atoms with Crippen molar-refractivity contribution in [3.63, 3.8) is 0 Å². The smallest absolute Gasteiger partial charge is 0.234 e. The monoisotopic (exact) mass is 422 g/mol. The molecule has 2 heterocycles. The van der Waals surface area contributed by atoms with Crippen molar-refractivity contribution in [1.29, 1.82) is 0 Å². The van der Waals surface area contributed by atoms with E-state index >= 15 is 0 Å². The Kier molecular flexibility index (Phi) is 6.46. The van der Waals surface area contributed by atoms with E-state index in [9.17, 15) is 13.6 Å². The molecule has 0 aliphatic carbocycles. The van der Waals surface area contributed by atoms with Crippen molar-refractivity contribution in [2.45, 2.75) is 38.9 Å². The second-order valence-corrected chi connectivity index (χ2v) is 8.08. The van der Waals surface area contributed by atoms with E-state index in [1.54, 1.807) is 11.3 Å². The highest BCUT2D eigenvalue weighted by Gasteiger charge is 2.19. The number of carbonyl (C=O) groups excluding carboxylic acids is 1. The number of thiophene rings is 1. The van der Waals surface area contributed by atoms with Gasteiger partial charge in [-0.15, -0.1) is 21.5 Å². The summed E-state index contributed by atoms with van der Waals surface area (Å²) in [6.07, 6.45) is 0.912. The van der Waals surface area contributed by atoms with Crippen molar-refractivity contribution >= 4 is 34.7 Å². The van der Waals surface area contributed by atoms with Gasteiger partial charge in [-0.05, 0) is 38.0 Å². The number of hydrogen-bond acceptors (Lipinski definition) is 5. The normalized spacial score (nSPS) is 11.0. The zero-order valence-corrected chi connectivity index (χ0v) is 17.4. The number of benzene rings is 1. The first-order valence-corrected chi connectivity index (χ1v) is 10.7. The van der Waals surface area contributed by atoms with Crippen LogP contribution in [0.4, 0.5) is 14.5 Å². The van der Waals surface area contributed by atoms with Crippen LogP contribution in [0.15, 0.2) is 28.7 Å². The second kappa shape index (κ2) is 8.83. The summed E-state index contributed by atoms with van der Waals surface area (Å²) in [7, 11) is 0. The van der Waals surface area contributed by atoms with Crippen molar-refractivity contribution in [2.24, 2.45) is 0 Å². The fourth-order valence-corrected chi connectivity index (χ4v) is 4.63. The van der Waals surface area contributed by atoms with Gasteiger partial charge in [0, 0.05) is 28.4 Å². The lowest BCUT2D eigenvalue weighted by Crippen LogP contribution is -2.15. The van der Waals surface area contributed by atoms with E-state index in [1.807, 2.05) is 11.5 Å². The first kappa shape index (κ1) is 20.5. The summed E-state index contributed by atoms with van der Waals surface area (Å²) in [6.45, 7) is 6.86. The second-order valence-electron chi connectivity index (χ2n) is 6.05. The summed E-state index contributed by atoms with van der Waals surface area (Å²) in [5, 5.41) is 13.7.